The molecule has 106 valence electrons. The van der Waals surface area contributed by atoms with Crippen molar-refractivity contribution in [3.8, 4) is 0 Å². The molecule has 1 aliphatic rings. The molecule has 7 nitrogen and oxygen atoms in total. The summed E-state index contributed by atoms with van der Waals surface area (Å²) in [5.74, 6) is 0.803. The van der Waals surface area contributed by atoms with Crippen LogP contribution in [-0.2, 0) is 11.2 Å². The largest absolute Gasteiger partial charge is 0.342 e. The van der Waals surface area contributed by atoms with Gasteiger partial charge in [-0.1, -0.05) is 18.7 Å². The molecule has 3 rings (SSSR count). The predicted molar refractivity (Wildman–Crippen MR) is 78.9 cm³/mol. The minimum atomic E-state index is -0.360. The van der Waals surface area contributed by atoms with Crippen LogP contribution in [0.2, 0.25) is 0 Å². The van der Waals surface area contributed by atoms with Gasteiger partial charge in [0.2, 0.25) is 5.96 Å². The standard InChI is InChI=1S/C14H14N6O/c1-9-13(21)18-14(20-19-9)15-8-4-7-12-16-10-5-2-3-6-11(10)17-12/h2-3,5-6H,1,4,7-8H2,(H,16,17)(H,15,18,21). The van der Waals surface area contributed by atoms with Crippen LogP contribution in [0.5, 0.6) is 0 Å². The highest BCUT2D eigenvalue weighted by atomic mass is 16.2. The van der Waals surface area contributed by atoms with Gasteiger partial charge in [-0.25, -0.2) is 9.98 Å². The molecule has 0 spiro atoms. The number of rotatable bonds is 4. The fourth-order valence-corrected chi connectivity index (χ4v) is 1.98. The number of para-hydroxylation sites is 2. The van der Waals surface area contributed by atoms with E-state index in [1.54, 1.807) is 0 Å². The molecule has 2 aromatic rings. The van der Waals surface area contributed by atoms with E-state index in [0.29, 0.717) is 6.54 Å². The van der Waals surface area contributed by atoms with E-state index in [1.807, 2.05) is 24.3 Å². The van der Waals surface area contributed by atoms with E-state index in [-0.39, 0.29) is 17.6 Å². The van der Waals surface area contributed by atoms with Gasteiger partial charge in [-0.3, -0.25) is 10.1 Å². The van der Waals surface area contributed by atoms with Crippen molar-refractivity contribution >= 4 is 22.9 Å². The number of carbonyl (C=O) groups excluding carboxylic acids is 1. The van der Waals surface area contributed by atoms with Gasteiger partial charge >= 0.3 is 0 Å². The minimum Gasteiger partial charge on any atom is -0.342 e. The van der Waals surface area contributed by atoms with Crippen molar-refractivity contribution in [2.45, 2.75) is 12.8 Å². The lowest BCUT2D eigenvalue weighted by atomic mass is 10.3. The van der Waals surface area contributed by atoms with Gasteiger partial charge in [0.25, 0.3) is 5.91 Å². The quantitative estimate of drug-likeness (QED) is 0.662. The number of fused-ring (bicyclic) bond motifs is 1. The zero-order chi connectivity index (χ0) is 14.7. The lowest BCUT2D eigenvalue weighted by Gasteiger charge is -2.07. The van der Waals surface area contributed by atoms with Gasteiger partial charge in [0.15, 0.2) is 0 Å². The third-order valence-electron chi connectivity index (χ3n) is 3.02. The minimum absolute atomic E-state index is 0.0937. The number of nitrogens with one attached hydrogen (secondary N) is 2. The SMILES string of the molecule is C=C1N=NC(=NCCCc2nc3ccccc3[nH]2)NC1=O. The predicted octanol–water partition coefficient (Wildman–Crippen LogP) is 1.95. The molecule has 0 radical (unpaired) electrons. The number of carbonyl (C=O) groups is 1. The van der Waals surface area contributed by atoms with Crippen molar-refractivity contribution in [2.24, 2.45) is 15.2 Å². The maximum absolute atomic E-state index is 11.3. The number of aliphatic imine (C=N–C) groups is 1. The Labute approximate surface area is 120 Å². The maximum atomic E-state index is 11.3. The molecule has 0 unspecified atom stereocenters. The third kappa shape index (κ3) is 3.02. The normalized spacial score (nSPS) is 16.7. The van der Waals surface area contributed by atoms with Gasteiger partial charge in [-0.2, -0.15) is 0 Å². The van der Waals surface area contributed by atoms with Gasteiger partial charge in [0.1, 0.15) is 11.5 Å². The molecular formula is C14H14N6O. The Kier molecular flexibility index (Phi) is 3.55. The molecule has 0 aliphatic carbocycles. The maximum Gasteiger partial charge on any atom is 0.277 e. The van der Waals surface area contributed by atoms with Gasteiger partial charge in [-0.05, 0) is 18.6 Å². The van der Waals surface area contributed by atoms with Crippen LogP contribution in [0.15, 0.2) is 51.8 Å². The molecule has 0 bridgehead atoms. The van der Waals surface area contributed by atoms with E-state index in [0.717, 1.165) is 29.7 Å². The highest BCUT2D eigenvalue weighted by Gasteiger charge is 2.14. The Hall–Kier alpha value is -2.83. The van der Waals surface area contributed by atoms with Crippen LogP contribution >= 0.6 is 0 Å². The van der Waals surface area contributed by atoms with Crippen LogP contribution in [-0.4, -0.2) is 28.4 Å². The number of amides is 1. The van der Waals surface area contributed by atoms with Gasteiger partial charge in [-0.15, -0.1) is 10.2 Å². The summed E-state index contributed by atoms with van der Waals surface area (Å²) in [5.41, 5.74) is 2.09. The molecule has 0 saturated carbocycles. The Morgan fingerprint density at radius 1 is 1.24 bits per heavy atom. The van der Waals surface area contributed by atoms with Crippen molar-refractivity contribution in [1.82, 2.24) is 15.3 Å². The highest BCUT2D eigenvalue weighted by molar-refractivity contribution is 6.06. The fraction of sp³-hybridized carbons (Fsp3) is 0.214. The van der Waals surface area contributed by atoms with Crippen LogP contribution in [0.25, 0.3) is 11.0 Å². The van der Waals surface area contributed by atoms with Crippen molar-refractivity contribution < 1.29 is 4.79 Å². The molecule has 1 aliphatic heterocycles. The number of H-pyrrole nitrogens is 1. The smallest absolute Gasteiger partial charge is 0.277 e. The Morgan fingerprint density at radius 2 is 2.10 bits per heavy atom. The number of guanidine groups is 1. The molecule has 0 saturated heterocycles. The first-order chi connectivity index (χ1) is 10.2. The zero-order valence-electron chi connectivity index (χ0n) is 11.3. The van der Waals surface area contributed by atoms with E-state index in [9.17, 15) is 4.79 Å². The summed E-state index contributed by atoms with van der Waals surface area (Å²) >= 11 is 0. The van der Waals surface area contributed by atoms with Crippen LogP contribution in [0.1, 0.15) is 12.2 Å². The average molecular weight is 282 g/mol. The summed E-state index contributed by atoms with van der Waals surface area (Å²) in [6.45, 7) is 3.99. The molecule has 2 N–H and O–H groups in total. The summed E-state index contributed by atoms with van der Waals surface area (Å²) in [6, 6.07) is 7.90. The molecule has 7 heteroatoms. The monoisotopic (exact) mass is 282 g/mol. The Morgan fingerprint density at radius 3 is 2.90 bits per heavy atom. The van der Waals surface area contributed by atoms with Gasteiger partial charge < -0.3 is 4.98 Å². The molecule has 21 heavy (non-hydrogen) atoms. The number of imidazole rings is 1. The van der Waals surface area contributed by atoms with Crippen LogP contribution in [0.4, 0.5) is 0 Å². The first-order valence-corrected chi connectivity index (χ1v) is 6.62. The number of hydrogen-bond donors (Lipinski definition) is 2. The molecule has 1 amide bonds. The van der Waals surface area contributed by atoms with E-state index >= 15 is 0 Å². The Balaban J connectivity index is 1.55. The summed E-state index contributed by atoms with van der Waals surface area (Å²) in [4.78, 5) is 23.2. The second kappa shape index (κ2) is 5.66. The van der Waals surface area contributed by atoms with E-state index < -0.39 is 0 Å². The van der Waals surface area contributed by atoms with Crippen molar-refractivity contribution in [3.05, 3.63) is 42.4 Å². The molecule has 1 aromatic carbocycles. The van der Waals surface area contributed by atoms with Crippen molar-refractivity contribution in [3.63, 3.8) is 0 Å². The Bertz CT molecular complexity index is 725. The zero-order valence-corrected chi connectivity index (χ0v) is 11.3. The number of aryl methyl sites for hydroxylation is 1. The van der Waals surface area contributed by atoms with Gasteiger partial charge in [0.05, 0.1) is 11.0 Å². The number of benzene rings is 1. The number of aromatic amines is 1. The summed E-state index contributed by atoms with van der Waals surface area (Å²) in [6.07, 6.45) is 1.58. The molecule has 2 heterocycles. The highest BCUT2D eigenvalue weighted by Crippen LogP contribution is 2.11. The fourth-order valence-electron chi connectivity index (χ4n) is 1.98. The lowest BCUT2D eigenvalue weighted by Crippen LogP contribution is -2.32. The number of aromatic nitrogens is 2. The average Bonchev–Trinajstić information content (AvgIpc) is 2.90. The summed E-state index contributed by atoms with van der Waals surface area (Å²) < 4.78 is 0. The molecule has 1 aromatic heterocycles. The van der Waals surface area contributed by atoms with Gasteiger partial charge in [0, 0.05) is 13.0 Å². The molecule has 0 fully saturated rings. The first kappa shape index (κ1) is 13.2. The second-order valence-corrected chi connectivity index (χ2v) is 4.61. The van der Waals surface area contributed by atoms with Crippen molar-refractivity contribution in [1.29, 1.82) is 0 Å². The number of hydrogen-bond acceptors (Lipinski definition) is 4. The summed E-state index contributed by atoms with van der Waals surface area (Å²) in [7, 11) is 0. The van der Waals surface area contributed by atoms with E-state index in [2.05, 4.69) is 37.1 Å². The van der Waals surface area contributed by atoms with E-state index in [4.69, 9.17) is 0 Å². The summed E-state index contributed by atoms with van der Waals surface area (Å²) in [5, 5.41) is 9.90. The van der Waals surface area contributed by atoms with E-state index in [1.165, 1.54) is 0 Å². The lowest BCUT2D eigenvalue weighted by molar-refractivity contribution is -0.116. The number of azo groups is 1. The number of nitrogens with zero attached hydrogens (tertiary/aromatic N) is 4. The second-order valence-electron chi connectivity index (χ2n) is 4.61. The van der Waals surface area contributed by atoms with Crippen LogP contribution < -0.4 is 5.32 Å². The molecule has 0 atom stereocenters. The van der Waals surface area contributed by atoms with Crippen LogP contribution in [0, 0.1) is 0 Å². The van der Waals surface area contributed by atoms with Crippen molar-refractivity contribution in [2.75, 3.05) is 6.54 Å². The topological polar surface area (TPSA) is 94.9 Å². The molecular weight excluding hydrogens is 268 g/mol. The van der Waals surface area contributed by atoms with Crippen LogP contribution in [0.3, 0.4) is 0 Å². The first-order valence-electron chi connectivity index (χ1n) is 6.62. The third-order valence-corrected chi connectivity index (χ3v) is 3.02.